The van der Waals surface area contributed by atoms with Crippen molar-refractivity contribution in [3.05, 3.63) is 29.3 Å². The SMILES string of the molecule is CCN=C(N)Nc1ccccc1Cl. The van der Waals surface area contributed by atoms with E-state index in [1.807, 2.05) is 25.1 Å². The van der Waals surface area contributed by atoms with Gasteiger partial charge in [0.15, 0.2) is 5.96 Å². The van der Waals surface area contributed by atoms with Crippen molar-refractivity contribution in [2.24, 2.45) is 10.7 Å². The van der Waals surface area contributed by atoms with Crippen molar-refractivity contribution in [1.29, 1.82) is 0 Å². The fourth-order valence-corrected chi connectivity index (χ4v) is 1.09. The van der Waals surface area contributed by atoms with Gasteiger partial charge >= 0.3 is 0 Å². The van der Waals surface area contributed by atoms with Gasteiger partial charge in [0.1, 0.15) is 0 Å². The van der Waals surface area contributed by atoms with Gasteiger partial charge in [0, 0.05) is 6.54 Å². The molecule has 13 heavy (non-hydrogen) atoms. The van der Waals surface area contributed by atoms with Crippen molar-refractivity contribution in [2.45, 2.75) is 6.92 Å². The molecular formula is C9H12ClN3. The number of anilines is 1. The summed E-state index contributed by atoms with van der Waals surface area (Å²) in [5.41, 5.74) is 6.34. The zero-order chi connectivity index (χ0) is 9.68. The van der Waals surface area contributed by atoms with Crippen LogP contribution in [0.5, 0.6) is 0 Å². The molecule has 1 aromatic carbocycles. The minimum absolute atomic E-state index is 0.385. The van der Waals surface area contributed by atoms with E-state index >= 15 is 0 Å². The molecule has 0 aliphatic rings. The van der Waals surface area contributed by atoms with E-state index in [1.54, 1.807) is 6.07 Å². The Morgan fingerprint density at radius 2 is 2.23 bits per heavy atom. The van der Waals surface area contributed by atoms with Crippen LogP contribution in [-0.2, 0) is 0 Å². The summed E-state index contributed by atoms with van der Waals surface area (Å²) >= 11 is 5.90. The summed E-state index contributed by atoms with van der Waals surface area (Å²) in [6.07, 6.45) is 0. The van der Waals surface area contributed by atoms with E-state index in [2.05, 4.69) is 10.3 Å². The van der Waals surface area contributed by atoms with Gasteiger partial charge in [-0.05, 0) is 19.1 Å². The smallest absolute Gasteiger partial charge is 0.193 e. The van der Waals surface area contributed by atoms with Gasteiger partial charge in [0.25, 0.3) is 0 Å². The van der Waals surface area contributed by atoms with Gasteiger partial charge < -0.3 is 11.1 Å². The second kappa shape index (κ2) is 4.72. The van der Waals surface area contributed by atoms with E-state index in [9.17, 15) is 0 Å². The van der Waals surface area contributed by atoms with Crippen molar-refractivity contribution in [1.82, 2.24) is 0 Å². The van der Waals surface area contributed by atoms with Gasteiger partial charge in [-0.3, -0.25) is 4.99 Å². The molecule has 0 atom stereocenters. The third-order valence-corrected chi connectivity index (χ3v) is 1.79. The van der Waals surface area contributed by atoms with Crippen LogP contribution in [0.1, 0.15) is 6.92 Å². The third kappa shape index (κ3) is 2.95. The number of aliphatic imine (C=N–C) groups is 1. The topological polar surface area (TPSA) is 50.4 Å². The minimum atomic E-state index is 0.385. The van der Waals surface area contributed by atoms with Crippen LogP contribution < -0.4 is 11.1 Å². The minimum Gasteiger partial charge on any atom is -0.370 e. The molecule has 0 aromatic heterocycles. The molecule has 0 aliphatic heterocycles. The number of nitrogens with zero attached hydrogens (tertiary/aromatic N) is 1. The first-order chi connectivity index (χ1) is 6.24. The summed E-state index contributed by atoms with van der Waals surface area (Å²) < 4.78 is 0. The average molecular weight is 198 g/mol. The van der Waals surface area contributed by atoms with Crippen molar-refractivity contribution in [3.8, 4) is 0 Å². The van der Waals surface area contributed by atoms with Crippen molar-refractivity contribution >= 4 is 23.2 Å². The average Bonchev–Trinajstić information content (AvgIpc) is 2.09. The lowest BCUT2D eigenvalue weighted by Crippen LogP contribution is -2.22. The Hall–Kier alpha value is -1.22. The lowest BCUT2D eigenvalue weighted by molar-refractivity contribution is 1.12. The Balaban J connectivity index is 2.74. The fraction of sp³-hybridized carbons (Fsp3) is 0.222. The number of benzene rings is 1. The number of guanidine groups is 1. The lowest BCUT2D eigenvalue weighted by atomic mass is 10.3. The van der Waals surface area contributed by atoms with Gasteiger partial charge in [0.2, 0.25) is 0 Å². The van der Waals surface area contributed by atoms with Crippen LogP contribution in [0.2, 0.25) is 5.02 Å². The van der Waals surface area contributed by atoms with Crippen molar-refractivity contribution < 1.29 is 0 Å². The number of nitrogens with one attached hydrogen (secondary N) is 1. The molecule has 0 amide bonds. The maximum Gasteiger partial charge on any atom is 0.193 e. The Morgan fingerprint density at radius 3 is 2.85 bits per heavy atom. The largest absolute Gasteiger partial charge is 0.370 e. The molecule has 1 aromatic rings. The van der Waals surface area contributed by atoms with E-state index < -0.39 is 0 Å². The summed E-state index contributed by atoms with van der Waals surface area (Å²) in [5.74, 6) is 0.385. The number of halogens is 1. The summed E-state index contributed by atoms with van der Waals surface area (Å²) in [4.78, 5) is 3.99. The van der Waals surface area contributed by atoms with Gasteiger partial charge in [0.05, 0.1) is 10.7 Å². The van der Waals surface area contributed by atoms with E-state index in [0.717, 1.165) is 5.69 Å². The van der Waals surface area contributed by atoms with Gasteiger partial charge in [-0.25, -0.2) is 0 Å². The molecule has 1 rings (SSSR count). The van der Waals surface area contributed by atoms with Crippen molar-refractivity contribution in [3.63, 3.8) is 0 Å². The zero-order valence-corrected chi connectivity index (χ0v) is 8.17. The molecule has 0 fully saturated rings. The summed E-state index contributed by atoms with van der Waals surface area (Å²) in [6, 6.07) is 7.39. The molecule has 0 heterocycles. The molecule has 0 spiro atoms. The maximum atomic E-state index is 5.90. The van der Waals surface area contributed by atoms with Crippen LogP contribution in [0, 0.1) is 0 Å². The Labute approximate surface area is 82.6 Å². The summed E-state index contributed by atoms with van der Waals surface area (Å²) in [6.45, 7) is 2.57. The molecule has 0 radical (unpaired) electrons. The Kier molecular flexibility index (Phi) is 3.58. The van der Waals surface area contributed by atoms with Gasteiger partial charge in [-0.2, -0.15) is 0 Å². The molecule has 0 bridgehead atoms. The molecule has 4 heteroatoms. The van der Waals surface area contributed by atoms with E-state index in [0.29, 0.717) is 17.5 Å². The van der Waals surface area contributed by atoms with E-state index in [4.69, 9.17) is 17.3 Å². The highest BCUT2D eigenvalue weighted by atomic mass is 35.5. The lowest BCUT2D eigenvalue weighted by Gasteiger charge is -2.06. The van der Waals surface area contributed by atoms with Crippen LogP contribution >= 0.6 is 11.6 Å². The molecule has 0 unspecified atom stereocenters. The zero-order valence-electron chi connectivity index (χ0n) is 7.42. The number of hydrogen-bond acceptors (Lipinski definition) is 1. The summed E-state index contributed by atoms with van der Waals surface area (Å²) in [7, 11) is 0. The van der Waals surface area contributed by atoms with Crippen LogP contribution in [0.15, 0.2) is 29.3 Å². The highest BCUT2D eigenvalue weighted by Gasteiger charge is 1.98. The first-order valence-electron chi connectivity index (χ1n) is 4.05. The quantitative estimate of drug-likeness (QED) is 0.564. The van der Waals surface area contributed by atoms with Crippen molar-refractivity contribution in [2.75, 3.05) is 11.9 Å². The molecule has 70 valence electrons. The predicted molar refractivity (Wildman–Crippen MR) is 57.2 cm³/mol. The van der Waals surface area contributed by atoms with Gasteiger partial charge in [-0.15, -0.1) is 0 Å². The number of hydrogen-bond donors (Lipinski definition) is 2. The maximum absolute atomic E-state index is 5.90. The standard InChI is InChI=1S/C9H12ClN3/c1-2-12-9(11)13-8-6-4-3-5-7(8)10/h3-6H,2H2,1H3,(H3,11,12,13). The predicted octanol–water partition coefficient (Wildman–Crippen LogP) is 2.09. The third-order valence-electron chi connectivity index (χ3n) is 1.47. The highest BCUT2D eigenvalue weighted by Crippen LogP contribution is 2.19. The fourth-order valence-electron chi connectivity index (χ4n) is 0.910. The van der Waals surface area contributed by atoms with Gasteiger partial charge in [-0.1, -0.05) is 23.7 Å². The Bertz CT molecular complexity index is 309. The Morgan fingerprint density at radius 1 is 1.54 bits per heavy atom. The second-order valence-corrected chi connectivity index (χ2v) is 2.87. The monoisotopic (exact) mass is 197 g/mol. The van der Waals surface area contributed by atoms with Crippen LogP contribution in [0.25, 0.3) is 0 Å². The molecular weight excluding hydrogens is 186 g/mol. The van der Waals surface area contributed by atoms with Crippen LogP contribution in [0.3, 0.4) is 0 Å². The molecule has 0 aliphatic carbocycles. The molecule has 0 saturated carbocycles. The van der Waals surface area contributed by atoms with Crippen LogP contribution in [-0.4, -0.2) is 12.5 Å². The first kappa shape index (κ1) is 9.86. The number of rotatable bonds is 2. The van der Waals surface area contributed by atoms with E-state index in [1.165, 1.54) is 0 Å². The summed E-state index contributed by atoms with van der Waals surface area (Å²) in [5, 5.41) is 3.54. The van der Waals surface area contributed by atoms with Crippen LogP contribution in [0.4, 0.5) is 5.69 Å². The second-order valence-electron chi connectivity index (χ2n) is 2.46. The number of para-hydroxylation sites is 1. The normalized spacial score (nSPS) is 11.4. The van der Waals surface area contributed by atoms with E-state index in [-0.39, 0.29) is 0 Å². The molecule has 0 saturated heterocycles. The first-order valence-corrected chi connectivity index (χ1v) is 4.43. The number of nitrogens with two attached hydrogens (primary N) is 1. The molecule has 3 N–H and O–H groups in total. The highest BCUT2D eigenvalue weighted by molar-refractivity contribution is 6.33. The molecule has 3 nitrogen and oxygen atoms in total.